The van der Waals surface area contributed by atoms with Crippen molar-refractivity contribution in [1.29, 1.82) is 0 Å². The lowest BCUT2D eigenvalue weighted by Gasteiger charge is -2.17. The predicted octanol–water partition coefficient (Wildman–Crippen LogP) is 3.66. The fourth-order valence-electron chi connectivity index (χ4n) is 1.62. The number of rotatable bonds is 3. The molecule has 21 heavy (non-hydrogen) atoms. The Morgan fingerprint density at radius 3 is 2.57 bits per heavy atom. The smallest absolute Gasteiger partial charge is 0.383 e. The second-order valence-corrected chi connectivity index (χ2v) is 5.21. The SMILES string of the molecule is CC(c1nc(-c2ccc(F)cc2Br)no1)C(O)C(F)(F)F. The summed E-state index contributed by atoms with van der Waals surface area (Å²) >= 11 is 3.10. The minimum atomic E-state index is -4.79. The molecule has 2 unspecified atom stereocenters. The lowest BCUT2D eigenvalue weighted by molar-refractivity contribution is -0.210. The van der Waals surface area contributed by atoms with Gasteiger partial charge in [-0.05, 0) is 34.1 Å². The number of aliphatic hydroxyl groups is 1. The van der Waals surface area contributed by atoms with Crippen LogP contribution >= 0.6 is 15.9 Å². The third kappa shape index (κ3) is 3.41. The number of aromatic nitrogens is 2. The summed E-state index contributed by atoms with van der Waals surface area (Å²) in [7, 11) is 0. The standard InChI is InChI=1S/C12H9BrF4N2O2/c1-5(9(20)12(15,16)17)11-18-10(19-21-11)7-3-2-6(14)4-8(7)13/h2-5,9,20H,1H3. The zero-order valence-electron chi connectivity index (χ0n) is 10.5. The summed E-state index contributed by atoms with van der Waals surface area (Å²) in [6, 6.07) is 3.68. The molecule has 1 aromatic heterocycles. The van der Waals surface area contributed by atoms with Gasteiger partial charge in [-0.25, -0.2) is 4.39 Å². The Hall–Kier alpha value is -1.48. The minimum Gasteiger partial charge on any atom is -0.383 e. The molecule has 2 atom stereocenters. The van der Waals surface area contributed by atoms with Crippen LogP contribution in [0.4, 0.5) is 17.6 Å². The summed E-state index contributed by atoms with van der Waals surface area (Å²) in [4.78, 5) is 3.82. The van der Waals surface area contributed by atoms with Crippen molar-refractivity contribution < 1.29 is 27.2 Å². The highest BCUT2D eigenvalue weighted by Gasteiger charge is 2.44. The highest BCUT2D eigenvalue weighted by atomic mass is 79.9. The van der Waals surface area contributed by atoms with E-state index in [-0.39, 0.29) is 11.7 Å². The van der Waals surface area contributed by atoms with Gasteiger partial charge < -0.3 is 9.63 Å². The lowest BCUT2D eigenvalue weighted by atomic mass is 10.0. The van der Waals surface area contributed by atoms with Crippen molar-refractivity contribution in [3.63, 3.8) is 0 Å². The average Bonchev–Trinajstić information content (AvgIpc) is 2.85. The Morgan fingerprint density at radius 1 is 1.33 bits per heavy atom. The first-order valence-corrected chi connectivity index (χ1v) is 6.53. The summed E-state index contributed by atoms with van der Waals surface area (Å²) in [5, 5.41) is 12.7. The van der Waals surface area contributed by atoms with E-state index in [4.69, 9.17) is 9.63 Å². The summed E-state index contributed by atoms with van der Waals surface area (Å²) in [5.74, 6) is -2.26. The molecule has 2 aromatic rings. The number of benzene rings is 1. The zero-order chi connectivity index (χ0) is 15.8. The van der Waals surface area contributed by atoms with E-state index >= 15 is 0 Å². The Labute approximate surface area is 124 Å². The normalized spacial score (nSPS) is 15.0. The third-order valence-corrected chi connectivity index (χ3v) is 3.47. The van der Waals surface area contributed by atoms with Crippen LogP contribution in [0.5, 0.6) is 0 Å². The Morgan fingerprint density at radius 2 is 2.00 bits per heavy atom. The van der Waals surface area contributed by atoms with E-state index in [1.807, 2.05) is 0 Å². The molecule has 1 N–H and O–H groups in total. The Balaban J connectivity index is 2.30. The van der Waals surface area contributed by atoms with Crippen LogP contribution in [0.1, 0.15) is 18.7 Å². The van der Waals surface area contributed by atoms with Gasteiger partial charge >= 0.3 is 6.18 Å². The summed E-state index contributed by atoms with van der Waals surface area (Å²) in [6.07, 6.45) is -7.40. The van der Waals surface area contributed by atoms with E-state index < -0.39 is 24.0 Å². The molecule has 4 nitrogen and oxygen atoms in total. The molecule has 9 heteroatoms. The number of hydrogen-bond donors (Lipinski definition) is 1. The van der Waals surface area contributed by atoms with E-state index in [2.05, 4.69) is 26.1 Å². The van der Waals surface area contributed by atoms with Gasteiger partial charge in [-0.15, -0.1) is 0 Å². The monoisotopic (exact) mass is 368 g/mol. The Bertz CT molecular complexity index is 644. The fraction of sp³-hybridized carbons (Fsp3) is 0.333. The van der Waals surface area contributed by atoms with Crippen molar-refractivity contribution in [1.82, 2.24) is 10.1 Å². The minimum absolute atomic E-state index is 0.00176. The molecule has 114 valence electrons. The molecule has 0 saturated heterocycles. The topological polar surface area (TPSA) is 59.2 Å². The van der Waals surface area contributed by atoms with Gasteiger partial charge in [0.25, 0.3) is 0 Å². The molecule has 0 bridgehead atoms. The van der Waals surface area contributed by atoms with Crippen LogP contribution in [0.3, 0.4) is 0 Å². The van der Waals surface area contributed by atoms with Gasteiger partial charge in [-0.1, -0.05) is 12.1 Å². The van der Waals surface area contributed by atoms with E-state index in [1.165, 1.54) is 12.1 Å². The maximum absolute atomic E-state index is 13.0. The molecule has 0 fully saturated rings. The van der Waals surface area contributed by atoms with Crippen LogP contribution in [-0.2, 0) is 0 Å². The van der Waals surface area contributed by atoms with Crippen LogP contribution in [0.15, 0.2) is 27.2 Å². The van der Waals surface area contributed by atoms with E-state index in [0.29, 0.717) is 10.0 Å². The molecule has 0 radical (unpaired) electrons. The fourth-order valence-corrected chi connectivity index (χ4v) is 2.15. The quantitative estimate of drug-likeness (QED) is 0.839. The van der Waals surface area contributed by atoms with Gasteiger partial charge in [0.2, 0.25) is 11.7 Å². The highest BCUT2D eigenvalue weighted by molar-refractivity contribution is 9.10. The van der Waals surface area contributed by atoms with Crippen LogP contribution < -0.4 is 0 Å². The summed E-state index contributed by atoms with van der Waals surface area (Å²) < 4.78 is 55.4. The van der Waals surface area contributed by atoms with Crippen LogP contribution in [0.2, 0.25) is 0 Å². The first kappa shape index (κ1) is 15.9. The second-order valence-electron chi connectivity index (χ2n) is 4.36. The molecule has 0 spiro atoms. The van der Waals surface area contributed by atoms with Crippen molar-refractivity contribution in [2.24, 2.45) is 0 Å². The molecule has 1 heterocycles. The Kier molecular flexibility index (Phi) is 4.33. The van der Waals surface area contributed by atoms with Crippen molar-refractivity contribution in [3.8, 4) is 11.4 Å². The van der Waals surface area contributed by atoms with Gasteiger partial charge in [0, 0.05) is 10.0 Å². The van der Waals surface area contributed by atoms with Gasteiger partial charge in [0.05, 0.1) is 5.92 Å². The second kappa shape index (κ2) is 5.72. The maximum atomic E-state index is 13.0. The average molecular weight is 369 g/mol. The third-order valence-electron chi connectivity index (χ3n) is 2.81. The summed E-state index contributed by atoms with van der Waals surface area (Å²) in [5.41, 5.74) is 0.361. The van der Waals surface area contributed by atoms with Crippen LogP contribution in [0, 0.1) is 5.82 Å². The maximum Gasteiger partial charge on any atom is 0.415 e. The van der Waals surface area contributed by atoms with Gasteiger partial charge in [0.1, 0.15) is 5.82 Å². The van der Waals surface area contributed by atoms with Crippen LogP contribution in [-0.4, -0.2) is 27.5 Å². The number of hydrogen-bond acceptors (Lipinski definition) is 4. The van der Waals surface area contributed by atoms with Gasteiger partial charge in [-0.3, -0.25) is 0 Å². The van der Waals surface area contributed by atoms with E-state index in [1.54, 1.807) is 0 Å². The van der Waals surface area contributed by atoms with Gasteiger partial charge in [-0.2, -0.15) is 18.2 Å². The lowest BCUT2D eigenvalue weighted by Crippen LogP contribution is -2.33. The number of aliphatic hydroxyl groups excluding tert-OH is 1. The number of nitrogens with zero attached hydrogens (tertiary/aromatic N) is 2. The van der Waals surface area contributed by atoms with Crippen molar-refractivity contribution in [2.75, 3.05) is 0 Å². The molecule has 1 aromatic carbocycles. The van der Waals surface area contributed by atoms with Crippen molar-refractivity contribution in [2.45, 2.75) is 25.1 Å². The molecule has 0 saturated carbocycles. The molecule has 0 aliphatic rings. The van der Waals surface area contributed by atoms with Crippen LogP contribution in [0.25, 0.3) is 11.4 Å². The zero-order valence-corrected chi connectivity index (χ0v) is 12.1. The molecular weight excluding hydrogens is 360 g/mol. The molecule has 0 aliphatic heterocycles. The van der Waals surface area contributed by atoms with E-state index in [9.17, 15) is 17.6 Å². The molecule has 2 rings (SSSR count). The van der Waals surface area contributed by atoms with Gasteiger partial charge in [0.15, 0.2) is 6.10 Å². The predicted molar refractivity (Wildman–Crippen MR) is 67.9 cm³/mol. The molecular formula is C12H9BrF4N2O2. The highest BCUT2D eigenvalue weighted by Crippen LogP contribution is 2.32. The number of halogens is 5. The first-order chi connectivity index (χ1) is 9.70. The van der Waals surface area contributed by atoms with E-state index in [0.717, 1.165) is 13.0 Å². The van der Waals surface area contributed by atoms with Crippen molar-refractivity contribution in [3.05, 3.63) is 34.4 Å². The molecule has 0 amide bonds. The van der Waals surface area contributed by atoms with Crippen molar-refractivity contribution >= 4 is 15.9 Å². The number of alkyl halides is 3. The summed E-state index contributed by atoms with van der Waals surface area (Å²) in [6.45, 7) is 1.12. The molecule has 0 aliphatic carbocycles. The first-order valence-electron chi connectivity index (χ1n) is 5.74. The largest absolute Gasteiger partial charge is 0.415 e.